The summed E-state index contributed by atoms with van der Waals surface area (Å²) in [6, 6.07) is 8.87. The second-order valence-electron chi connectivity index (χ2n) is 8.28. The van der Waals surface area contributed by atoms with E-state index in [1.165, 1.54) is 0 Å². The summed E-state index contributed by atoms with van der Waals surface area (Å²) < 4.78 is 16.1. The van der Waals surface area contributed by atoms with Crippen LogP contribution in [0.15, 0.2) is 34.7 Å². The Labute approximate surface area is 176 Å². The van der Waals surface area contributed by atoms with Gasteiger partial charge in [0.05, 0.1) is 6.54 Å². The summed E-state index contributed by atoms with van der Waals surface area (Å²) in [5, 5.41) is 13.3. The number of nitrogens with one attached hydrogen (secondary N) is 2. The normalized spacial score (nSPS) is 12.3. The average molecular weight is 418 g/mol. The SMILES string of the molecule is CC(C)C[C@H](NC(=O)OC(C)(C)C)c1nnc(CNC(=O)OCc2ccccc2)o1. The number of alkyl carbamates (subject to hydrolysis) is 2. The molecular formula is C21H30N4O5. The number of carbonyl (C=O) groups excluding carboxylic acids is 2. The molecule has 30 heavy (non-hydrogen) atoms. The first kappa shape index (κ1) is 23.2. The molecule has 9 nitrogen and oxygen atoms in total. The quantitative estimate of drug-likeness (QED) is 0.663. The van der Waals surface area contributed by atoms with Gasteiger partial charge < -0.3 is 24.5 Å². The monoisotopic (exact) mass is 418 g/mol. The minimum atomic E-state index is -0.615. The fourth-order valence-corrected chi connectivity index (χ4v) is 2.54. The zero-order chi connectivity index (χ0) is 22.1. The number of benzene rings is 1. The molecule has 2 N–H and O–H groups in total. The number of amides is 2. The Morgan fingerprint density at radius 1 is 1.10 bits per heavy atom. The van der Waals surface area contributed by atoms with Crippen LogP contribution in [0.5, 0.6) is 0 Å². The molecule has 1 heterocycles. The van der Waals surface area contributed by atoms with Crippen molar-refractivity contribution in [3.05, 3.63) is 47.7 Å². The van der Waals surface area contributed by atoms with E-state index in [1.807, 2.05) is 44.2 Å². The van der Waals surface area contributed by atoms with E-state index in [2.05, 4.69) is 20.8 Å². The maximum atomic E-state index is 12.1. The van der Waals surface area contributed by atoms with Crippen molar-refractivity contribution in [1.82, 2.24) is 20.8 Å². The van der Waals surface area contributed by atoms with E-state index in [0.717, 1.165) is 5.56 Å². The minimum Gasteiger partial charge on any atom is -0.445 e. The summed E-state index contributed by atoms with van der Waals surface area (Å²) in [7, 11) is 0. The first-order chi connectivity index (χ1) is 14.1. The molecule has 2 aromatic rings. The van der Waals surface area contributed by atoms with E-state index in [-0.39, 0.29) is 30.9 Å². The summed E-state index contributed by atoms with van der Waals surface area (Å²) in [4.78, 5) is 24.0. The molecule has 0 aliphatic heterocycles. The Hall–Kier alpha value is -3.10. The maximum absolute atomic E-state index is 12.1. The highest BCUT2D eigenvalue weighted by atomic mass is 16.6. The Morgan fingerprint density at radius 2 is 1.80 bits per heavy atom. The van der Waals surface area contributed by atoms with Gasteiger partial charge in [-0.3, -0.25) is 0 Å². The van der Waals surface area contributed by atoms with Crippen molar-refractivity contribution in [2.45, 2.75) is 65.8 Å². The second kappa shape index (κ2) is 10.6. The molecule has 0 fully saturated rings. The van der Waals surface area contributed by atoms with Crippen molar-refractivity contribution in [1.29, 1.82) is 0 Å². The number of ether oxygens (including phenoxy) is 2. The zero-order valence-electron chi connectivity index (χ0n) is 18.1. The van der Waals surface area contributed by atoms with Crippen LogP contribution in [0.4, 0.5) is 9.59 Å². The molecule has 1 atom stereocenters. The van der Waals surface area contributed by atoms with Crippen LogP contribution in [0.25, 0.3) is 0 Å². The Balaban J connectivity index is 1.89. The second-order valence-corrected chi connectivity index (χ2v) is 8.28. The van der Waals surface area contributed by atoms with Crippen molar-refractivity contribution in [2.24, 2.45) is 5.92 Å². The number of nitrogens with zero attached hydrogens (tertiary/aromatic N) is 2. The van der Waals surface area contributed by atoms with Gasteiger partial charge in [-0.15, -0.1) is 10.2 Å². The van der Waals surface area contributed by atoms with Crippen LogP contribution in [-0.4, -0.2) is 28.0 Å². The number of rotatable bonds is 8. The lowest BCUT2D eigenvalue weighted by Gasteiger charge is -2.23. The van der Waals surface area contributed by atoms with Crippen LogP contribution in [0.3, 0.4) is 0 Å². The number of carbonyl (C=O) groups is 2. The fraction of sp³-hybridized carbons (Fsp3) is 0.524. The Morgan fingerprint density at radius 3 is 2.43 bits per heavy atom. The predicted octanol–water partition coefficient (Wildman–Crippen LogP) is 4.11. The van der Waals surface area contributed by atoms with Crippen molar-refractivity contribution >= 4 is 12.2 Å². The molecule has 0 radical (unpaired) electrons. The van der Waals surface area contributed by atoms with Gasteiger partial charge in [0, 0.05) is 0 Å². The summed E-state index contributed by atoms with van der Waals surface area (Å²) in [6.07, 6.45) is -0.562. The van der Waals surface area contributed by atoms with Crippen molar-refractivity contribution < 1.29 is 23.5 Å². The molecule has 9 heteroatoms. The van der Waals surface area contributed by atoms with Crippen molar-refractivity contribution in [2.75, 3.05) is 0 Å². The molecule has 0 unspecified atom stereocenters. The van der Waals surface area contributed by atoms with E-state index in [9.17, 15) is 9.59 Å². The summed E-state index contributed by atoms with van der Waals surface area (Å²) in [5.74, 6) is 0.733. The third-order valence-corrected chi connectivity index (χ3v) is 3.78. The minimum absolute atomic E-state index is 0.0153. The van der Waals surface area contributed by atoms with Crippen LogP contribution < -0.4 is 10.6 Å². The van der Waals surface area contributed by atoms with E-state index >= 15 is 0 Å². The number of aromatic nitrogens is 2. The molecule has 0 spiro atoms. The van der Waals surface area contributed by atoms with Crippen molar-refractivity contribution in [3.8, 4) is 0 Å². The highest BCUT2D eigenvalue weighted by Crippen LogP contribution is 2.21. The molecule has 0 aliphatic carbocycles. The van der Waals surface area contributed by atoms with Crippen molar-refractivity contribution in [3.63, 3.8) is 0 Å². The molecule has 0 bridgehead atoms. The number of hydrogen-bond acceptors (Lipinski definition) is 7. The van der Waals surface area contributed by atoms with Gasteiger partial charge in [0.15, 0.2) is 0 Å². The van der Waals surface area contributed by atoms with Gasteiger partial charge >= 0.3 is 12.2 Å². The van der Waals surface area contributed by atoms with Gasteiger partial charge in [0.1, 0.15) is 18.2 Å². The predicted molar refractivity (Wildman–Crippen MR) is 109 cm³/mol. The lowest BCUT2D eigenvalue weighted by atomic mass is 10.0. The summed E-state index contributed by atoms with van der Waals surface area (Å²) >= 11 is 0. The van der Waals surface area contributed by atoms with Crippen LogP contribution >= 0.6 is 0 Å². The Kier molecular flexibility index (Phi) is 8.20. The van der Waals surface area contributed by atoms with Gasteiger partial charge in [-0.25, -0.2) is 9.59 Å². The zero-order valence-corrected chi connectivity index (χ0v) is 18.1. The highest BCUT2D eigenvalue weighted by Gasteiger charge is 2.25. The molecule has 2 rings (SSSR count). The lowest BCUT2D eigenvalue weighted by molar-refractivity contribution is 0.0488. The highest BCUT2D eigenvalue weighted by molar-refractivity contribution is 5.68. The molecule has 0 saturated heterocycles. The van der Waals surface area contributed by atoms with E-state index in [1.54, 1.807) is 20.8 Å². The van der Waals surface area contributed by atoms with E-state index in [0.29, 0.717) is 6.42 Å². The molecule has 2 amide bonds. The average Bonchev–Trinajstić information content (AvgIpc) is 3.12. The van der Waals surface area contributed by atoms with Gasteiger partial charge in [-0.2, -0.15) is 0 Å². The third-order valence-electron chi connectivity index (χ3n) is 3.78. The molecule has 0 saturated carbocycles. The van der Waals surface area contributed by atoms with Gasteiger partial charge in [0.2, 0.25) is 11.8 Å². The van der Waals surface area contributed by atoms with Gasteiger partial charge in [-0.1, -0.05) is 44.2 Å². The van der Waals surface area contributed by atoms with Gasteiger partial charge in [-0.05, 0) is 38.7 Å². The standard InChI is InChI=1S/C21H30N4O5/c1-14(2)11-16(23-20(27)30-21(3,4)5)18-25-24-17(29-18)12-22-19(26)28-13-15-9-7-6-8-10-15/h6-10,14,16H,11-13H2,1-5H3,(H,22,26)(H,23,27)/t16-/m0/s1. The van der Waals surface area contributed by atoms with Gasteiger partial charge in [0.25, 0.3) is 0 Å². The molecule has 1 aromatic carbocycles. The Bertz CT molecular complexity index is 814. The van der Waals surface area contributed by atoms with Crippen LogP contribution in [0, 0.1) is 5.92 Å². The smallest absolute Gasteiger partial charge is 0.408 e. The van der Waals surface area contributed by atoms with E-state index < -0.39 is 23.8 Å². The molecular weight excluding hydrogens is 388 g/mol. The fourth-order valence-electron chi connectivity index (χ4n) is 2.54. The first-order valence-electron chi connectivity index (χ1n) is 9.88. The third kappa shape index (κ3) is 8.50. The largest absolute Gasteiger partial charge is 0.445 e. The summed E-state index contributed by atoms with van der Waals surface area (Å²) in [5.41, 5.74) is 0.272. The molecule has 1 aromatic heterocycles. The number of hydrogen-bond donors (Lipinski definition) is 2. The maximum Gasteiger partial charge on any atom is 0.408 e. The summed E-state index contributed by atoms with van der Waals surface area (Å²) in [6.45, 7) is 9.59. The first-order valence-corrected chi connectivity index (χ1v) is 9.88. The van der Waals surface area contributed by atoms with E-state index in [4.69, 9.17) is 13.9 Å². The van der Waals surface area contributed by atoms with Crippen LogP contribution in [0.1, 0.15) is 64.4 Å². The molecule has 0 aliphatic rings. The van der Waals surface area contributed by atoms with Crippen LogP contribution in [0.2, 0.25) is 0 Å². The topological polar surface area (TPSA) is 116 Å². The molecule has 164 valence electrons. The lowest BCUT2D eigenvalue weighted by Crippen LogP contribution is -2.35. The van der Waals surface area contributed by atoms with Crippen LogP contribution in [-0.2, 0) is 22.6 Å².